The predicted molar refractivity (Wildman–Crippen MR) is 116 cm³/mol. The molecule has 0 radical (unpaired) electrons. The van der Waals surface area contributed by atoms with Gasteiger partial charge in [-0.2, -0.15) is 5.10 Å². The van der Waals surface area contributed by atoms with Crippen molar-refractivity contribution >= 4 is 29.2 Å². The number of hydrogen-bond donors (Lipinski definition) is 2. The molecule has 1 unspecified atom stereocenters. The van der Waals surface area contributed by atoms with Crippen LogP contribution in [-0.4, -0.2) is 39.6 Å². The molecule has 4 N–H and O–H groups in total. The Kier molecular flexibility index (Phi) is 5.56. The van der Waals surface area contributed by atoms with Gasteiger partial charge in [-0.15, -0.1) is 0 Å². The van der Waals surface area contributed by atoms with Gasteiger partial charge in [0.1, 0.15) is 11.4 Å². The maximum Gasteiger partial charge on any atom is 0.254 e. The molecule has 1 aliphatic heterocycles. The third-order valence-corrected chi connectivity index (χ3v) is 6.62. The third-order valence-electron chi connectivity index (χ3n) is 6.26. The summed E-state index contributed by atoms with van der Waals surface area (Å²) in [6.45, 7) is 4.73. The summed E-state index contributed by atoms with van der Waals surface area (Å²) in [4.78, 5) is 26.1. The van der Waals surface area contributed by atoms with Crippen molar-refractivity contribution in [1.82, 2.24) is 14.7 Å². The number of carbonyl (C=O) groups excluding carboxylic acids is 2. The van der Waals surface area contributed by atoms with Crippen LogP contribution in [0.15, 0.2) is 30.9 Å². The Morgan fingerprint density at radius 1 is 1.30 bits per heavy atom. The van der Waals surface area contributed by atoms with Crippen LogP contribution in [0.3, 0.4) is 0 Å². The lowest BCUT2D eigenvalue weighted by molar-refractivity contribution is -0.127. The lowest BCUT2D eigenvalue weighted by Gasteiger charge is -2.32. The number of benzene rings is 1. The van der Waals surface area contributed by atoms with Crippen molar-refractivity contribution in [3.8, 4) is 0 Å². The van der Waals surface area contributed by atoms with Crippen LogP contribution in [0, 0.1) is 0 Å². The SMILES string of the molecule is C=CC(=O)N1CCC[C@@H](n2nc(C3CCc4c(Cl)cccc4C3)c(C(N)=O)c2N)C1. The smallest absolute Gasteiger partial charge is 0.254 e. The fraction of sp³-hybridized carbons (Fsp3) is 0.409. The fourth-order valence-electron chi connectivity index (χ4n) is 4.76. The quantitative estimate of drug-likeness (QED) is 0.731. The van der Waals surface area contributed by atoms with Crippen LogP contribution in [0.1, 0.15) is 58.4 Å². The molecule has 7 nitrogen and oxygen atoms in total. The van der Waals surface area contributed by atoms with E-state index in [-0.39, 0.29) is 23.7 Å². The van der Waals surface area contributed by atoms with E-state index in [1.807, 2.05) is 12.1 Å². The van der Waals surface area contributed by atoms with E-state index >= 15 is 0 Å². The number of rotatable bonds is 4. The second kappa shape index (κ2) is 8.14. The van der Waals surface area contributed by atoms with Crippen molar-refractivity contribution in [2.75, 3.05) is 18.8 Å². The molecule has 1 aromatic carbocycles. The zero-order chi connectivity index (χ0) is 21.4. The molecule has 2 amide bonds. The number of likely N-dealkylation sites (tertiary alicyclic amines) is 1. The van der Waals surface area contributed by atoms with Gasteiger partial charge in [0.05, 0.1) is 11.7 Å². The number of aromatic nitrogens is 2. The van der Waals surface area contributed by atoms with Gasteiger partial charge in [-0.3, -0.25) is 9.59 Å². The summed E-state index contributed by atoms with van der Waals surface area (Å²) in [5.41, 5.74) is 15.4. The number of nitrogens with two attached hydrogens (primary N) is 2. The summed E-state index contributed by atoms with van der Waals surface area (Å²) < 4.78 is 1.70. The molecular formula is C22H26ClN5O2. The molecule has 2 aromatic rings. The molecular weight excluding hydrogens is 402 g/mol. The molecule has 30 heavy (non-hydrogen) atoms. The minimum absolute atomic E-state index is 0.0384. The first-order chi connectivity index (χ1) is 14.4. The van der Waals surface area contributed by atoms with E-state index in [0.717, 1.165) is 42.7 Å². The van der Waals surface area contributed by atoms with Gasteiger partial charge in [-0.25, -0.2) is 4.68 Å². The molecule has 2 atom stereocenters. The maximum atomic E-state index is 12.3. The summed E-state index contributed by atoms with van der Waals surface area (Å²) in [5.74, 6) is -0.356. The van der Waals surface area contributed by atoms with Crippen LogP contribution in [0.25, 0.3) is 0 Å². The average molecular weight is 428 g/mol. The van der Waals surface area contributed by atoms with Gasteiger partial charge in [0.2, 0.25) is 5.91 Å². The molecule has 1 aromatic heterocycles. The maximum absolute atomic E-state index is 12.3. The standard InChI is InChI=1S/C22H26ClN5O2/c1-2-18(29)27-10-4-6-15(12-27)28-21(24)19(22(25)30)20(26-28)14-8-9-16-13(11-14)5-3-7-17(16)23/h2-3,5,7,14-15H,1,4,6,8-12,24H2,(H2,25,30)/t14?,15-/m1/s1. The number of fused-ring (bicyclic) bond motifs is 1. The van der Waals surface area contributed by atoms with Crippen molar-refractivity contribution in [1.29, 1.82) is 0 Å². The van der Waals surface area contributed by atoms with Gasteiger partial charge in [0.25, 0.3) is 5.91 Å². The predicted octanol–water partition coefficient (Wildman–Crippen LogP) is 2.84. The first-order valence-electron chi connectivity index (χ1n) is 10.3. The Morgan fingerprint density at radius 3 is 2.83 bits per heavy atom. The largest absolute Gasteiger partial charge is 0.383 e. The fourth-order valence-corrected chi connectivity index (χ4v) is 5.05. The van der Waals surface area contributed by atoms with Gasteiger partial charge in [-0.05, 0) is 55.4 Å². The van der Waals surface area contributed by atoms with Crippen molar-refractivity contribution in [3.05, 3.63) is 58.3 Å². The second-order valence-corrected chi connectivity index (χ2v) is 8.46. The molecule has 0 bridgehead atoms. The van der Waals surface area contributed by atoms with Crippen molar-refractivity contribution in [3.63, 3.8) is 0 Å². The van der Waals surface area contributed by atoms with E-state index < -0.39 is 5.91 Å². The highest BCUT2D eigenvalue weighted by atomic mass is 35.5. The Labute approximate surface area is 180 Å². The van der Waals surface area contributed by atoms with E-state index in [0.29, 0.717) is 24.3 Å². The van der Waals surface area contributed by atoms with Crippen LogP contribution < -0.4 is 11.5 Å². The molecule has 2 heterocycles. The minimum Gasteiger partial charge on any atom is -0.383 e. The molecule has 1 fully saturated rings. The number of hydrogen-bond acceptors (Lipinski definition) is 4. The topological polar surface area (TPSA) is 107 Å². The van der Waals surface area contributed by atoms with Crippen molar-refractivity contribution < 1.29 is 9.59 Å². The highest BCUT2D eigenvalue weighted by Crippen LogP contribution is 2.38. The molecule has 1 aliphatic carbocycles. The van der Waals surface area contributed by atoms with Crippen LogP contribution in [0.5, 0.6) is 0 Å². The van der Waals surface area contributed by atoms with Gasteiger partial charge < -0.3 is 16.4 Å². The lowest BCUT2D eigenvalue weighted by Crippen LogP contribution is -2.40. The van der Waals surface area contributed by atoms with Gasteiger partial charge in [0.15, 0.2) is 0 Å². The second-order valence-electron chi connectivity index (χ2n) is 8.06. The van der Waals surface area contributed by atoms with E-state index in [2.05, 4.69) is 12.6 Å². The number of anilines is 1. The van der Waals surface area contributed by atoms with Crippen LogP contribution in [-0.2, 0) is 17.6 Å². The van der Waals surface area contributed by atoms with Crippen LogP contribution >= 0.6 is 11.6 Å². The average Bonchev–Trinajstić information content (AvgIpc) is 3.10. The Bertz CT molecular complexity index is 1020. The molecule has 4 rings (SSSR count). The summed E-state index contributed by atoms with van der Waals surface area (Å²) >= 11 is 6.35. The van der Waals surface area contributed by atoms with Gasteiger partial charge >= 0.3 is 0 Å². The summed E-state index contributed by atoms with van der Waals surface area (Å²) in [5, 5.41) is 5.57. The van der Waals surface area contributed by atoms with Gasteiger partial charge in [0, 0.05) is 24.0 Å². The molecule has 0 spiro atoms. The molecule has 158 valence electrons. The number of halogens is 1. The zero-order valence-corrected chi connectivity index (χ0v) is 17.6. The molecule has 8 heteroatoms. The number of carbonyl (C=O) groups is 2. The summed E-state index contributed by atoms with van der Waals surface area (Å²) in [6.07, 6.45) is 5.35. The first-order valence-corrected chi connectivity index (χ1v) is 10.6. The third kappa shape index (κ3) is 3.58. The number of amides is 2. The van der Waals surface area contributed by atoms with Crippen molar-refractivity contribution in [2.45, 2.75) is 44.1 Å². The molecule has 1 saturated heterocycles. The Hall–Kier alpha value is -2.80. The Balaban J connectivity index is 1.67. The number of nitrogens with zero attached hydrogens (tertiary/aromatic N) is 3. The summed E-state index contributed by atoms with van der Waals surface area (Å²) in [6, 6.07) is 5.82. The Morgan fingerprint density at radius 2 is 2.10 bits per heavy atom. The molecule has 2 aliphatic rings. The summed E-state index contributed by atoms with van der Waals surface area (Å²) in [7, 11) is 0. The van der Waals surface area contributed by atoms with Crippen molar-refractivity contribution in [2.24, 2.45) is 5.73 Å². The van der Waals surface area contributed by atoms with E-state index in [1.165, 1.54) is 11.6 Å². The highest BCUT2D eigenvalue weighted by Gasteiger charge is 2.33. The number of nitrogen functional groups attached to an aromatic ring is 1. The highest BCUT2D eigenvalue weighted by molar-refractivity contribution is 6.31. The normalized spacial score (nSPS) is 21.2. The minimum atomic E-state index is -0.569. The monoisotopic (exact) mass is 427 g/mol. The van der Waals surface area contributed by atoms with Crippen LogP contribution in [0.4, 0.5) is 5.82 Å². The van der Waals surface area contributed by atoms with E-state index in [9.17, 15) is 9.59 Å². The zero-order valence-electron chi connectivity index (χ0n) is 16.8. The number of piperidine rings is 1. The molecule has 0 saturated carbocycles. The first kappa shape index (κ1) is 20.5. The van der Waals surface area contributed by atoms with E-state index in [4.69, 9.17) is 28.2 Å². The number of primary amides is 1. The lowest BCUT2D eigenvalue weighted by atomic mass is 9.81. The van der Waals surface area contributed by atoms with Crippen LogP contribution in [0.2, 0.25) is 5.02 Å². The van der Waals surface area contributed by atoms with E-state index in [1.54, 1.807) is 9.58 Å². The van der Waals surface area contributed by atoms with Gasteiger partial charge in [-0.1, -0.05) is 30.3 Å².